The van der Waals surface area contributed by atoms with Crippen LogP contribution in [0.3, 0.4) is 0 Å². The Morgan fingerprint density at radius 2 is 0.731 bits per heavy atom. The summed E-state index contributed by atoms with van der Waals surface area (Å²) >= 11 is 0. The number of carbonyl (C=O) groups is 3. The summed E-state index contributed by atoms with van der Waals surface area (Å²) in [5.74, 6) is -0.986. The van der Waals surface area contributed by atoms with Crippen molar-refractivity contribution < 1.29 is 28.6 Å². The minimum Gasteiger partial charge on any atom is -0.462 e. The van der Waals surface area contributed by atoms with Gasteiger partial charge in [-0.05, 0) is 83.5 Å². The van der Waals surface area contributed by atoms with E-state index in [4.69, 9.17) is 14.2 Å². The second-order valence-corrected chi connectivity index (χ2v) is 14.3. The highest BCUT2D eigenvalue weighted by Crippen LogP contribution is 2.12. The van der Waals surface area contributed by atoms with Gasteiger partial charge in [0.05, 0.1) is 0 Å². The fraction of sp³-hybridized carbons (Fsp3) is 0.761. The molecular formula is C46H80O6. The summed E-state index contributed by atoms with van der Waals surface area (Å²) < 4.78 is 16.6. The van der Waals surface area contributed by atoms with Crippen LogP contribution in [-0.4, -0.2) is 37.2 Å². The summed E-state index contributed by atoms with van der Waals surface area (Å²) in [4.78, 5) is 37.5. The zero-order valence-corrected chi connectivity index (χ0v) is 34.1. The maximum atomic E-state index is 12.6. The summed E-state index contributed by atoms with van der Waals surface area (Å²) in [5, 5.41) is 0. The summed E-state index contributed by atoms with van der Waals surface area (Å²) in [6, 6.07) is 0. The molecule has 1 unspecified atom stereocenters. The van der Waals surface area contributed by atoms with Crippen LogP contribution in [-0.2, 0) is 28.6 Å². The second kappa shape index (κ2) is 41.1. The van der Waals surface area contributed by atoms with Crippen LogP contribution < -0.4 is 0 Å². The lowest BCUT2D eigenvalue weighted by Crippen LogP contribution is -2.30. The monoisotopic (exact) mass is 729 g/mol. The van der Waals surface area contributed by atoms with Gasteiger partial charge in [-0.25, -0.2) is 0 Å². The molecule has 0 aromatic rings. The third kappa shape index (κ3) is 38.6. The first-order valence-electron chi connectivity index (χ1n) is 21.7. The Hall–Kier alpha value is -2.63. The van der Waals surface area contributed by atoms with Crippen LogP contribution in [0.1, 0.15) is 207 Å². The molecule has 6 nitrogen and oxygen atoms in total. The number of rotatable bonds is 38. The zero-order valence-electron chi connectivity index (χ0n) is 34.1. The smallest absolute Gasteiger partial charge is 0.306 e. The molecule has 0 rings (SSSR count). The minimum absolute atomic E-state index is 0.101. The SMILES string of the molecule is CCCC/C=C\C=C/CCCCCC(=O)OC(COC(=O)CCC/C=C\CCCCCC)COC(=O)CCCCC/C=C\CCCCCCCCC. The van der Waals surface area contributed by atoms with Gasteiger partial charge in [0.2, 0.25) is 0 Å². The number of allylic oxidation sites excluding steroid dienone is 8. The maximum Gasteiger partial charge on any atom is 0.306 e. The number of unbranched alkanes of at least 4 members (excludes halogenated alkanes) is 20. The van der Waals surface area contributed by atoms with E-state index < -0.39 is 6.10 Å². The Morgan fingerprint density at radius 1 is 0.385 bits per heavy atom. The topological polar surface area (TPSA) is 78.9 Å². The fourth-order valence-corrected chi connectivity index (χ4v) is 5.71. The molecule has 0 spiro atoms. The van der Waals surface area contributed by atoms with E-state index in [1.54, 1.807) is 0 Å². The Kier molecular flexibility index (Phi) is 39.1. The van der Waals surface area contributed by atoms with Crippen molar-refractivity contribution in [3.05, 3.63) is 48.6 Å². The molecule has 0 aromatic heterocycles. The highest BCUT2D eigenvalue weighted by atomic mass is 16.6. The molecule has 300 valence electrons. The number of ether oxygens (including phenoxy) is 3. The van der Waals surface area contributed by atoms with E-state index in [-0.39, 0.29) is 37.5 Å². The number of hydrogen-bond donors (Lipinski definition) is 0. The van der Waals surface area contributed by atoms with Gasteiger partial charge < -0.3 is 14.2 Å². The highest BCUT2D eigenvalue weighted by molar-refractivity contribution is 5.71. The Bertz CT molecular complexity index is 933. The number of hydrogen-bond acceptors (Lipinski definition) is 6. The molecule has 0 aliphatic heterocycles. The van der Waals surface area contributed by atoms with E-state index in [2.05, 4.69) is 69.4 Å². The Morgan fingerprint density at radius 3 is 1.23 bits per heavy atom. The number of esters is 3. The van der Waals surface area contributed by atoms with Gasteiger partial charge >= 0.3 is 17.9 Å². The average Bonchev–Trinajstić information content (AvgIpc) is 3.14. The highest BCUT2D eigenvalue weighted by Gasteiger charge is 2.19. The van der Waals surface area contributed by atoms with Gasteiger partial charge in [0.15, 0.2) is 6.10 Å². The van der Waals surface area contributed by atoms with Gasteiger partial charge in [-0.15, -0.1) is 0 Å². The van der Waals surface area contributed by atoms with Gasteiger partial charge in [0, 0.05) is 19.3 Å². The van der Waals surface area contributed by atoms with Crippen molar-refractivity contribution in [1.29, 1.82) is 0 Å². The Labute approximate surface area is 320 Å². The second-order valence-electron chi connectivity index (χ2n) is 14.3. The molecule has 52 heavy (non-hydrogen) atoms. The minimum atomic E-state index is -0.799. The van der Waals surface area contributed by atoms with Crippen LogP contribution in [0.4, 0.5) is 0 Å². The predicted octanol–water partition coefficient (Wildman–Crippen LogP) is 13.6. The van der Waals surface area contributed by atoms with Gasteiger partial charge in [-0.1, -0.05) is 153 Å². The van der Waals surface area contributed by atoms with Crippen molar-refractivity contribution in [2.75, 3.05) is 13.2 Å². The lowest BCUT2D eigenvalue weighted by Gasteiger charge is -2.18. The molecule has 0 bridgehead atoms. The van der Waals surface area contributed by atoms with E-state index in [0.29, 0.717) is 19.3 Å². The Balaban J connectivity index is 4.44. The van der Waals surface area contributed by atoms with E-state index in [1.807, 2.05) is 0 Å². The molecule has 1 atom stereocenters. The zero-order chi connectivity index (χ0) is 38.0. The molecule has 0 heterocycles. The van der Waals surface area contributed by atoms with E-state index >= 15 is 0 Å². The van der Waals surface area contributed by atoms with Gasteiger partial charge in [-0.3, -0.25) is 14.4 Å². The van der Waals surface area contributed by atoms with Gasteiger partial charge in [0.25, 0.3) is 0 Å². The molecular weight excluding hydrogens is 648 g/mol. The lowest BCUT2D eigenvalue weighted by atomic mass is 10.1. The summed E-state index contributed by atoms with van der Waals surface area (Å²) in [5.41, 5.74) is 0. The summed E-state index contributed by atoms with van der Waals surface area (Å²) in [6.45, 7) is 6.46. The standard InChI is InChI=1S/C46H80O6/c1-4-7-10-13-16-19-21-22-23-25-27-30-33-36-39-45(48)51-42-43(41-50-44(47)38-35-32-29-26-18-15-12-9-6-3)52-46(49)40-37-34-31-28-24-20-17-14-11-8-5-2/h14,17,20,23-26,29,43H,4-13,15-16,18-19,21-22,27-28,30-42H2,1-3H3/b17-14-,24-20-,25-23-,29-26-. The molecule has 0 N–H and O–H groups in total. The van der Waals surface area contributed by atoms with Crippen LogP contribution in [0.2, 0.25) is 0 Å². The third-order valence-corrected chi connectivity index (χ3v) is 9.05. The van der Waals surface area contributed by atoms with Crippen LogP contribution in [0.15, 0.2) is 48.6 Å². The lowest BCUT2D eigenvalue weighted by molar-refractivity contribution is -0.167. The van der Waals surface area contributed by atoms with E-state index in [9.17, 15) is 14.4 Å². The first-order chi connectivity index (χ1) is 25.5. The average molecular weight is 729 g/mol. The van der Waals surface area contributed by atoms with Crippen LogP contribution in [0, 0.1) is 0 Å². The third-order valence-electron chi connectivity index (χ3n) is 9.05. The van der Waals surface area contributed by atoms with Crippen molar-refractivity contribution in [3.63, 3.8) is 0 Å². The first-order valence-corrected chi connectivity index (χ1v) is 21.7. The fourth-order valence-electron chi connectivity index (χ4n) is 5.71. The molecule has 0 radical (unpaired) electrons. The predicted molar refractivity (Wildman–Crippen MR) is 219 cm³/mol. The van der Waals surface area contributed by atoms with Gasteiger partial charge in [-0.2, -0.15) is 0 Å². The molecule has 0 amide bonds. The van der Waals surface area contributed by atoms with Crippen LogP contribution in [0.5, 0.6) is 0 Å². The van der Waals surface area contributed by atoms with Crippen molar-refractivity contribution >= 4 is 17.9 Å². The molecule has 0 fully saturated rings. The molecule has 6 heteroatoms. The maximum absolute atomic E-state index is 12.6. The van der Waals surface area contributed by atoms with Crippen LogP contribution >= 0.6 is 0 Å². The van der Waals surface area contributed by atoms with Crippen molar-refractivity contribution in [2.45, 2.75) is 213 Å². The number of carbonyl (C=O) groups excluding carboxylic acids is 3. The largest absolute Gasteiger partial charge is 0.462 e. The van der Waals surface area contributed by atoms with E-state index in [0.717, 1.165) is 77.0 Å². The van der Waals surface area contributed by atoms with Crippen LogP contribution in [0.25, 0.3) is 0 Å². The van der Waals surface area contributed by atoms with Crippen molar-refractivity contribution in [2.24, 2.45) is 0 Å². The van der Waals surface area contributed by atoms with Gasteiger partial charge in [0.1, 0.15) is 13.2 Å². The molecule has 0 aromatic carbocycles. The molecule has 0 aliphatic carbocycles. The molecule has 0 aliphatic rings. The normalized spacial score (nSPS) is 12.4. The molecule has 0 saturated heterocycles. The summed E-state index contributed by atoms with van der Waals surface area (Å²) in [6.07, 6.45) is 46.8. The summed E-state index contributed by atoms with van der Waals surface area (Å²) in [7, 11) is 0. The first kappa shape index (κ1) is 49.4. The van der Waals surface area contributed by atoms with E-state index in [1.165, 1.54) is 83.5 Å². The molecule has 0 saturated carbocycles. The van der Waals surface area contributed by atoms with Crippen molar-refractivity contribution in [3.8, 4) is 0 Å². The van der Waals surface area contributed by atoms with Crippen molar-refractivity contribution in [1.82, 2.24) is 0 Å². The quantitative estimate of drug-likeness (QED) is 0.0207.